The van der Waals surface area contributed by atoms with Gasteiger partial charge >= 0.3 is 11.4 Å². The molecule has 11 nitrogen and oxygen atoms in total. The summed E-state index contributed by atoms with van der Waals surface area (Å²) < 4.78 is 13.0. The molecular formula is C39H33N5O6S. The molecule has 0 atom stereocenters. The van der Waals surface area contributed by atoms with Crippen molar-refractivity contribution in [3.05, 3.63) is 162 Å². The maximum atomic E-state index is 14.3. The summed E-state index contributed by atoms with van der Waals surface area (Å²) in [5.74, 6) is 0.371. The lowest BCUT2D eigenvalue weighted by Gasteiger charge is -2.14. The summed E-state index contributed by atoms with van der Waals surface area (Å²) in [6.45, 7) is 2.37. The van der Waals surface area contributed by atoms with E-state index in [0.717, 1.165) is 33.6 Å². The maximum absolute atomic E-state index is 14.3. The number of hydrogen-bond acceptors (Lipinski definition) is 9. The molecule has 51 heavy (non-hydrogen) atoms. The number of hydrogen-bond donors (Lipinski definition) is 1. The third-order valence-electron chi connectivity index (χ3n) is 8.50. The van der Waals surface area contributed by atoms with E-state index in [-0.39, 0.29) is 25.3 Å². The molecule has 0 unspecified atom stereocenters. The zero-order chi connectivity index (χ0) is 35.3. The van der Waals surface area contributed by atoms with Crippen molar-refractivity contribution in [3.63, 3.8) is 0 Å². The molecule has 0 spiro atoms. The lowest BCUT2D eigenvalue weighted by Crippen LogP contribution is -2.41. The first-order valence-electron chi connectivity index (χ1n) is 16.3. The first kappa shape index (κ1) is 33.2. The van der Waals surface area contributed by atoms with E-state index >= 15 is 0 Å². The van der Waals surface area contributed by atoms with Crippen molar-refractivity contribution in [3.8, 4) is 28.3 Å². The fraction of sp³-hybridized carbons (Fsp3) is 0.154. The van der Waals surface area contributed by atoms with Crippen LogP contribution in [0.2, 0.25) is 0 Å². The fourth-order valence-electron chi connectivity index (χ4n) is 5.83. The summed E-state index contributed by atoms with van der Waals surface area (Å²) in [7, 11) is 1.59. The molecular weight excluding hydrogens is 667 g/mol. The summed E-state index contributed by atoms with van der Waals surface area (Å²) >= 11 is 1.45. The van der Waals surface area contributed by atoms with E-state index in [0.29, 0.717) is 38.6 Å². The minimum Gasteiger partial charge on any atom is -0.497 e. The van der Waals surface area contributed by atoms with E-state index in [1.807, 2.05) is 104 Å². The molecule has 0 aliphatic heterocycles. The Labute approximate surface area is 295 Å². The van der Waals surface area contributed by atoms with Gasteiger partial charge in [-0.1, -0.05) is 96.1 Å². The molecule has 256 valence electrons. The molecule has 0 saturated carbocycles. The molecule has 1 N–H and O–H groups in total. The minimum atomic E-state index is -0.629. The van der Waals surface area contributed by atoms with Crippen molar-refractivity contribution in [2.24, 2.45) is 5.16 Å². The fourth-order valence-corrected chi connectivity index (χ4v) is 6.91. The lowest BCUT2D eigenvalue weighted by molar-refractivity contribution is 0.130. The monoisotopic (exact) mass is 699 g/mol. The number of oxime groups is 1. The molecule has 7 rings (SSSR count). The Bertz CT molecular complexity index is 2510. The van der Waals surface area contributed by atoms with Crippen LogP contribution in [0.25, 0.3) is 32.7 Å². The Morgan fingerprint density at radius 2 is 1.59 bits per heavy atom. The third kappa shape index (κ3) is 7.08. The van der Waals surface area contributed by atoms with Gasteiger partial charge in [0, 0.05) is 16.0 Å². The second kappa shape index (κ2) is 14.7. The van der Waals surface area contributed by atoms with Gasteiger partial charge in [-0.15, -0.1) is 11.3 Å². The van der Waals surface area contributed by atoms with Crippen molar-refractivity contribution < 1.29 is 14.1 Å². The Hall–Kier alpha value is -6.27. The van der Waals surface area contributed by atoms with Gasteiger partial charge in [-0.05, 0) is 59.0 Å². The molecule has 0 radical (unpaired) electrons. The van der Waals surface area contributed by atoms with E-state index in [2.05, 4.69) is 15.3 Å². The van der Waals surface area contributed by atoms with E-state index < -0.39 is 11.4 Å². The molecule has 0 fully saturated rings. The number of thiophene rings is 1. The van der Waals surface area contributed by atoms with E-state index in [9.17, 15) is 14.4 Å². The van der Waals surface area contributed by atoms with Gasteiger partial charge < -0.3 is 9.57 Å². The largest absolute Gasteiger partial charge is 0.497 e. The predicted molar refractivity (Wildman–Crippen MR) is 198 cm³/mol. The minimum absolute atomic E-state index is 0.105. The Morgan fingerprint density at radius 1 is 0.863 bits per heavy atom. The van der Waals surface area contributed by atoms with Crippen LogP contribution in [0.3, 0.4) is 0 Å². The smallest absolute Gasteiger partial charge is 0.439 e. The highest BCUT2D eigenvalue weighted by Crippen LogP contribution is 2.30. The van der Waals surface area contributed by atoms with Crippen LogP contribution in [0, 0.1) is 0 Å². The Balaban J connectivity index is 1.25. The van der Waals surface area contributed by atoms with Gasteiger partial charge in [0.25, 0.3) is 5.56 Å². The highest BCUT2D eigenvalue weighted by Gasteiger charge is 2.19. The molecule has 3 heterocycles. The van der Waals surface area contributed by atoms with Crippen LogP contribution in [0.15, 0.2) is 133 Å². The summed E-state index contributed by atoms with van der Waals surface area (Å²) in [4.78, 5) is 50.0. The molecule has 0 saturated heterocycles. The lowest BCUT2D eigenvalue weighted by atomic mass is 9.98. The molecule has 0 aliphatic rings. The molecule has 4 aromatic carbocycles. The number of ether oxygens (including phenoxy) is 1. The van der Waals surface area contributed by atoms with Crippen LogP contribution in [-0.4, -0.2) is 32.1 Å². The first-order chi connectivity index (χ1) is 24.9. The summed E-state index contributed by atoms with van der Waals surface area (Å²) in [5, 5.41) is 8.78. The van der Waals surface area contributed by atoms with Gasteiger partial charge in [0.05, 0.1) is 25.6 Å². The number of H-pyrrole nitrogens is 1. The third-order valence-corrected chi connectivity index (χ3v) is 9.80. The van der Waals surface area contributed by atoms with E-state index in [4.69, 9.17) is 14.1 Å². The van der Waals surface area contributed by atoms with Crippen molar-refractivity contribution in [2.45, 2.75) is 33.0 Å². The van der Waals surface area contributed by atoms with Crippen molar-refractivity contribution >= 4 is 27.3 Å². The Kier molecular flexibility index (Phi) is 9.57. The van der Waals surface area contributed by atoms with Crippen LogP contribution < -0.4 is 21.7 Å². The standard InChI is InChI=1S/C39H33N5O6S/c1-3-30-21-33-36(45)43(23-34(28-17-19-29(48-2)20-18-28)41-49-24-26-9-5-4-6-10-26)39(47)44(37(33)51-30)22-25-13-15-27(16-14-25)31-11-7-8-12-32(31)35-40-38(46)50-42-35/h4-21H,3,22-24H2,1-2H3,(H,40,42,46). The van der Waals surface area contributed by atoms with Gasteiger partial charge in [0.2, 0.25) is 0 Å². The summed E-state index contributed by atoms with van der Waals surface area (Å²) in [6, 6.07) is 34.1. The first-order valence-corrected chi connectivity index (χ1v) is 17.1. The predicted octanol–water partition coefficient (Wildman–Crippen LogP) is 6.48. The van der Waals surface area contributed by atoms with Gasteiger partial charge in [-0.25, -0.2) is 9.59 Å². The molecule has 0 bridgehead atoms. The number of benzene rings is 4. The number of aryl methyl sites for hydroxylation is 1. The number of aromatic nitrogens is 4. The van der Waals surface area contributed by atoms with Gasteiger partial charge in [0.15, 0.2) is 5.82 Å². The normalized spacial score (nSPS) is 11.6. The zero-order valence-electron chi connectivity index (χ0n) is 27.9. The number of aromatic amines is 1. The quantitative estimate of drug-likeness (QED) is 0.114. The number of nitrogens with zero attached hydrogens (tertiary/aromatic N) is 4. The van der Waals surface area contributed by atoms with Crippen molar-refractivity contribution in [1.29, 1.82) is 0 Å². The molecule has 3 aromatic heterocycles. The van der Waals surface area contributed by atoms with Crippen molar-refractivity contribution in [1.82, 2.24) is 19.3 Å². The zero-order valence-corrected chi connectivity index (χ0v) is 28.7. The summed E-state index contributed by atoms with van der Waals surface area (Å²) in [6.07, 6.45) is 0.726. The number of nitrogens with one attached hydrogen (secondary N) is 1. The highest BCUT2D eigenvalue weighted by molar-refractivity contribution is 7.18. The average molecular weight is 700 g/mol. The van der Waals surface area contributed by atoms with Crippen LogP contribution >= 0.6 is 11.3 Å². The second-order valence-electron chi connectivity index (χ2n) is 11.8. The van der Waals surface area contributed by atoms with Crippen molar-refractivity contribution in [2.75, 3.05) is 7.11 Å². The van der Waals surface area contributed by atoms with Gasteiger partial charge in [-0.2, -0.15) is 0 Å². The molecule has 7 aromatic rings. The Morgan fingerprint density at radius 3 is 2.27 bits per heavy atom. The molecule has 12 heteroatoms. The topological polar surface area (TPSA) is 134 Å². The number of rotatable bonds is 12. The van der Waals surface area contributed by atoms with Crippen LogP contribution in [0.1, 0.15) is 28.5 Å². The molecule has 0 aliphatic carbocycles. The van der Waals surface area contributed by atoms with E-state index in [1.54, 1.807) is 23.8 Å². The van der Waals surface area contributed by atoms with Gasteiger partial charge in [0.1, 0.15) is 22.9 Å². The maximum Gasteiger partial charge on any atom is 0.439 e. The number of methoxy groups -OCH3 is 1. The number of fused-ring (bicyclic) bond motifs is 1. The average Bonchev–Trinajstić information content (AvgIpc) is 3.82. The second-order valence-corrected chi connectivity index (χ2v) is 12.9. The SMILES string of the molecule is CCc1cc2c(=O)n(CC(=NOCc3ccccc3)c3ccc(OC)cc3)c(=O)n(Cc3ccc(-c4ccccc4-c4noc(=O)[nH]4)cc3)c2s1. The summed E-state index contributed by atoms with van der Waals surface area (Å²) in [5.41, 5.74) is 4.52. The van der Waals surface area contributed by atoms with Crippen LogP contribution in [0.5, 0.6) is 5.75 Å². The molecule has 0 amide bonds. The van der Waals surface area contributed by atoms with Gasteiger partial charge in [-0.3, -0.25) is 23.4 Å². The van der Waals surface area contributed by atoms with E-state index in [1.165, 1.54) is 15.9 Å². The van der Waals surface area contributed by atoms with Crippen LogP contribution in [0.4, 0.5) is 0 Å². The highest BCUT2D eigenvalue weighted by atomic mass is 32.1. The van der Waals surface area contributed by atoms with Crippen LogP contribution in [-0.2, 0) is 31.0 Å².